The Bertz CT molecular complexity index is 733. The van der Waals surface area contributed by atoms with E-state index in [-0.39, 0.29) is 16.5 Å². The van der Waals surface area contributed by atoms with Crippen LogP contribution < -0.4 is 0 Å². The fourth-order valence-electron chi connectivity index (χ4n) is 1.61. The van der Waals surface area contributed by atoms with Gasteiger partial charge in [0.25, 0.3) is 0 Å². The first kappa shape index (κ1) is 15.9. The lowest BCUT2D eigenvalue weighted by atomic mass is 10.3. The average Bonchev–Trinajstić information content (AvgIpc) is 2.77. The predicted octanol–water partition coefficient (Wildman–Crippen LogP) is 4.12. The van der Waals surface area contributed by atoms with Crippen LogP contribution in [-0.2, 0) is 16.6 Å². The van der Waals surface area contributed by atoms with E-state index in [0.717, 1.165) is 25.8 Å². The van der Waals surface area contributed by atoms with Crippen LogP contribution in [0.4, 0.5) is 4.39 Å². The van der Waals surface area contributed by atoms with Crippen molar-refractivity contribution in [3.63, 3.8) is 0 Å². The van der Waals surface area contributed by atoms with E-state index in [9.17, 15) is 12.8 Å². The quantitative estimate of drug-likeness (QED) is 0.777. The minimum Gasteiger partial charge on any atom is -0.207 e. The fourth-order valence-corrected chi connectivity index (χ4v) is 4.45. The summed E-state index contributed by atoms with van der Waals surface area (Å²) in [6, 6.07) is 5.12. The van der Waals surface area contributed by atoms with Crippen LogP contribution >= 0.6 is 38.9 Å². The summed E-state index contributed by atoms with van der Waals surface area (Å²) in [5, 5.41) is 1.85. The number of rotatable bonds is 4. The summed E-state index contributed by atoms with van der Waals surface area (Å²) >= 11 is 10.6. The van der Waals surface area contributed by atoms with E-state index in [1.54, 1.807) is 0 Å². The minimum atomic E-state index is -3.83. The molecule has 0 N–H and O–H groups in total. The number of thiophene rings is 1. The molecular formula is C12H10BrClFNO2S2. The average molecular weight is 399 g/mol. The van der Waals surface area contributed by atoms with Crippen LogP contribution in [0, 0.1) is 5.82 Å². The van der Waals surface area contributed by atoms with Crippen molar-refractivity contribution in [2.24, 2.45) is 0 Å². The SMILES string of the molecule is CN(Cc1csc(Br)c1)S(=O)(=O)c1cc(F)ccc1Cl. The smallest absolute Gasteiger partial charge is 0.207 e. The lowest BCUT2D eigenvalue weighted by molar-refractivity contribution is 0.466. The third kappa shape index (κ3) is 3.40. The minimum absolute atomic E-state index is 0.00440. The van der Waals surface area contributed by atoms with Gasteiger partial charge in [-0.3, -0.25) is 0 Å². The molecule has 2 aromatic rings. The van der Waals surface area contributed by atoms with E-state index >= 15 is 0 Å². The Hall–Kier alpha value is -0.470. The Kier molecular flexibility index (Phi) is 4.86. The van der Waals surface area contributed by atoms with Crippen molar-refractivity contribution in [1.29, 1.82) is 0 Å². The van der Waals surface area contributed by atoms with Gasteiger partial charge in [-0.05, 0) is 51.1 Å². The molecule has 0 radical (unpaired) electrons. The highest BCUT2D eigenvalue weighted by Gasteiger charge is 2.24. The molecule has 0 fully saturated rings. The summed E-state index contributed by atoms with van der Waals surface area (Å²) in [7, 11) is -2.40. The van der Waals surface area contributed by atoms with Crippen molar-refractivity contribution in [3.05, 3.63) is 49.8 Å². The van der Waals surface area contributed by atoms with Crippen molar-refractivity contribution in [2.75, 3.05) is 7.05 Å². The maximum Gasteiger partial charge on any atom is 0.244 e. The highest BCUT2D eigenvalue weighted by atomic mass is 79.9. The summed E-state index contributed by atoms with van der Waals surface area (Å²) < 4.78 is 40.1. The lowest BCUT2D eigenvalue weighted by Gasteiger charge is -2.17. The van der Waals surface area contributed by atoms with Crippen LogP contribution in [0.25, 0.3) is 0 Å². The Morgan fingerprint density at radius 2 is 2.10 bits per heavy atom. The van der Waals surface area contributed by atoms with E-state index in [1.807, 2.05) is 11.4 Å². The molecule has 0 aliphatic heterocycles. The molecule has 108 valence electrons. The molecule has 0 unspecified atom stereocenters. The van der Waals surface area contributed by atoms with Gasteiger partial charge in [-0.2, -0.15) is 4.31 Å². The van der Waals surface area contributed by atoms with E-state index in [0.29, 0.717) is 0 Å². The Morgan fingerprint density at radius 1 is 1.40 bits per heavy atom. The first-order valence-corrected chi connectivity index (χ1v) is 8.94. The highest BCUT2D eigenvalue weighted by Crippen LogP contribution is 2.27. The number of benzene rings is 1. The standard InChI is InChI=1S/C12H10BrClFNO2S2/c1-16(6-8-4-12(13)19-7-8)20(17,18)11-5-9(15)2-3-10(11)14/h2-5,7H,6H2,1H3. The summed E-state index contributed by atoms with van der Waals surface area (Å²) in [6.45, 7) is 0.192. The number of halogens is 3. The van der Waals surface area contributed by atoms with Crippen LogP contribution in [0.3, 0.4) is 0 Å². The second-order valence-corrected chi connectivity index (χ2v) is 8.81. The second kappa shape index (κ2) is 6.11. The van der Waals surface area contributed by atoms with Crippen LogP contribution in [-0.4, -0.2) is 19.8 Å². The molecule has 0 spiro atoms. The van der Waals surface area contributed by atoms with Gasteiger partial charge < -0.3 is 0 Å². The third-order valence-corrected chi connectivity index (χ3v) is 6.45. The van der Waals surface area contributed by atoms with Gasteiger partial charge in [-0.1, -0.05) is 11.6 Å². The molecule has 3 nitrogen and oxygen atoms in total. The van der Waals surface area contributed by atoms with Gasteiger partial charge in [-0.15, -0.1) is 11.3 Å². The summed E-state index contributed by atoms with van der Waals surface area (Å²) in [5.74, 6) is -0.639. The zero-order valence-electron chi connectivity index (χ0n) is 10.3. The van der Waals surface area contributed by atoms with Gasteiger partial charge in [0.05, 0.1) is 8.81 Å². The molecule has 20 heavy (non-hydrogen) atoms. The number of hydrogen-bond acceptors (Lipinski definition) is 3. The summed E-state index contributed by atoms with van der Waals surface area (Å²) in [5.41, 5.74) is 0.848. The molecule has 0 saturated heterocycles. The number of hydrogen-bond donors (Lipinski definition) is 0. The molecule has 1 aromatic heterocycles. The van der Waals surface area contributed by atoms with Crippen LogP contribution in [0.5, 0.6) is 0 Å². The fraction of sp³-hybridized carbons (Fsp3) is 0.167. The van der Waals surface area contributed by atoms with Crippen molar-refractivity contribution in [2.45, 2.75) is 11.4 Å². The molecule has 0 aliphatic rings. The molecule has 0 aliphatic carbocycles. The normalized spacial score (nSPS) is 12.1. The van der Waals surface area contributed by atoms with Crippen LogP contribution in [0.1, 0.15) is 5.56 Å². The molecule has 0 bridgehead atoms. The van der Waals surface area contributed by atoms with Crippen molar-refractivity contribution >= 4 is 48.9 Å². The van der Waals surface area contributed by atoms with Crippen molar-refractivity contribution in [1.82, 2.24) is 4.31 Å². The molecule has 1 aromatic carbocycles. The zero-order chi connectivity index (χ0) is 14.9. The summed E-state index contributed by atoms with van der Waals surface area (Å²) in [4.78, 5) is -0.226. The lowest BCUT2D eigenvalue weighted by Crippen LogP contribution is -2.26. The van der Waals surface area contributed by atoms with Gasteiger partial charge in [0.15, 0.2) is 0 Å². The molecule has 1 heterocycles. The van der Waals surface area contributed by atoms with Gasteiger partial charge in [0.2, 0.25) is 10.0 Å². The van der Waals surface area contributed by atoms with Gasteiger partial charge >= 0.3 is 0 Å². The van der Waals surface area contributed by atoms with Gasteiger partial charge in [-0.25, -0.2) is 12.8 Å². The second-order valence-electron chi connectivity index (χ2n) is 4.09. The first-order chi connectivity index (χ1) is 9.30. The van der Waals surface area contributed by atoms with E-state index < -0.39 is 15.8 Å². The van der Waals surface area contributed by atoms with E-state index in [1.165, 1.54) is 24.5 Å². The topological polar surface area (TPSA) is 37.4 Å². The van der Waals surface area contributed by atoms with Gasteiger partial charge in [0, 0.05) is 13.6 Å². The highest BCUT2D eigenvalue weighted by molar-refractivity contribution is 9.11. The van der Waals surface area contributed by atoms with Gasteiger partial charge in [0.1, 0.15) is 10.7 Å². The maximum absolute atomic E-state index is 13.2. The predicted molar refractivity (Wildman–Crippen MR) is 82.1 cm³/mol. The Morgan fingerprint density at radius 3 is 2.70 bits per heavy atom. The van der Waals surface area contributed by atoms with E-state index in [2.05, 4.69) is 15.9 Å². The van der Waals surface area contributed by atoms with Crippen molar-refractivity contribution < 1.29 is 12.8 Å². The first-order valence-electron chi connectivity index (χ1n) is 5.45. The molecule has 8 heteroatoms. The molecule has 0 amide bonds. The molecular weight excluding hydrogens is 389 g/mol. The summed E-state index contributed by atoms with van der Waals surface area (Å²) in [6.07, 6.45) is 0. The zero-order valence-corrected chi connectivity index (χ0v) is 14.3. The maximum atomic E-state index is 13.2. The third-order valence-electron chi connectivity index (χ3n) is 2.61. The monoisotopic (exact) mass is 397 g/mol. The van der Waals surface area contributed by atoms with Crippen molar-refractivity contribution in [3.8, 4) is 0 Å². The molecule has 0 atom stereocenters. The number of nitrogens with zero attached hydrogens (tertiary/aromatic N) is 1. The molecule has 2 rings (SSSR count). The number of sulfonamides is 1. The molecule has 0 saturated carbocycles. The largest absolute Gasteiger partial charge is 0.244 e. The van der Waals surface area contributed by atoms with Crippen LogP contribution in [0.2, 0.25) is 5.02 Å². The van der Waals surface area contributed by atoms with Crippen LogP contribution in [0.15, 0.2) is 38.3 Å². The van der Waals surface area contributed by atoms with E-state index in [4.69, 9.17) is 11.6 Å². The Labute approximate surface area is 134 Å². The Balaban J connectivity index is 2.32.